The third-order valence-corrected chi connectivity index (χ3v) is 3.77. The van der Waals surface area contributed by atoms with Gasteiger partial charge in [-0.3, -0.25) is 0 Å². The summed E-state index contributed by atoms with van der Waals surface area (Å²) in [5.74, 6) is 0.962. The SMILES string of the molecule is Cc1cnc(N(C)Cc2ccc(Br)cc2)c(Br)c1. The van der Waals surface area contributed by atoms with Gasteiger partial charge >= 0.3 is 0 Å². The molecule has 0 aliphatic rings. The maximum Gasteiger partial charge on any atom is 0.142 e. The van der Waals surface area contributed by atoms with Gasteiger partial charge in [0.15, 0.2) is 0 Å². The van der Waals surface area contributed by atoms with E-state index in [9.17, 15) is 0 Å². The van der Waals surface area contributed by atoms with Gasteiger partial charge in [-0.25, -0.2) is 4.98 Å². The van der Waals surface area contributed by atoms with Crippen molar-refractivity contribution >= 4 is 37.7 Å². The average Bonchev–Trinajstić information content (AvgIpc) is 2.32. The number of rotatable bonds is 3. The number of nitrogens with zero attached hydrogens (tertiary/aromatic N) is 2. The fraction of sp³-hybridized carbons (Fsp3) is 0.214. The molecular weight excluding hydrogens is 356 g/mol. The van der Waals surface area contributed by atoms with Crippen LogP contribution in [0.5, 0.6) is 0 Å². The quantitative estimate of drug-likeness (QED) is 0.788. The number of aryl methyl sites for hydroxylation is 1. The highest BCUT2D eigenvalue weighted by Crippen LogP contribution is 2.24. The monoisotopic (exact) mass is 368 g/mol. The molecule has 94 valence electrons. The molecule has 2 nitrogen and oxygen atoms in total. The van der Waals surface area contributed by atoms with E-state index in [2.05, 4.69) is 72.1 Å². The second kappa shape index (κ2) is 5.85. The number of aromatic nitrogens is 1. The van der Waals surface area contributed by atoms with E-state index in [-0.39, 0.29) is 0 Å². The Labute approximate surface area is 124 Å². The molecule has 0 aliphatic heterocycles. The molecule has 1 aromatic carbocycles. The Kier molecular flexibility index (Phi) is 4.40. The Morgan fingerprint density at radius 1 is 1.17 bits per heavy atom. The zero-order chi connectivity index (χ0) is 13.1. The summed E-state index contributed by atoms with van der Waals surface area (Å²) in [5.41, 5.74) is 2.41. The summed E-state index contributed by atoms with van der Waals surface area (Å²) < 4.78 is 2.13. The van der Waals surface area contributed by atoms with E-state index in [1.54, 1.807) is 0 Å². The molecule has 0 N–H and O–H groups in total. The van der Waals surface area contributed by atoms with Crippen molar-refractivity contribution in [1.82, 2.24) is 4.98 Å². The molecule has 0 aliphatic carbocycles. The molecule has 0 atom stereocenters. The van der Waals surface area contributed by atoms with E-state index in [0.717, 1.165) is 26.9 Å². The van der Waals surface area contributed by atoms with Gasteiger partial charge in [0, 0.05) is 24.3 Å². The molecule has 0 fully saturated rings. The van der Waals surface area contributed by atoms with Crippen LogP contribution in [0.2, 0.25) is 0 Å². The molecule has 0 bridgehead atoms. The van der Waals surface area contributed by atoms with Crippen LogP contribution in [-0.4, -0.2) is 12.0 Å². The minimum Gasteiger partial charge on any atom is -0.354 e. The Balaban J connectivity index is 2.16. The van der Waals surface area contributed by atoms with Gasteiger partial charge < -0.3 is 4.90 Å². The first-order chi connectivity index (χ1) is 8.56. The fourth-order valence-electron chi connectivity index (χ4n) is 1.75. The standard InChI is InChI=1S/C14H14Br2N2/c1-10-7-13(16)14(17-8-10)18(2)9-11-3-5-12(15)6-4-11/h3-8H,9H2,1-2H3. The predicted octanol–water partition coefficient (Wildman–Crippen LogP) is 4.55. The van der Waals surface area contributed by atoms with Crippen molar-refractivity contribution in [1.29, 1.82) is 0 Å². The van der Waals surface area contributed by atoms with Gasteiger partial charge in [-0.05, 0) is 52.2 Å². The lowest BCUT2D eigenvalue weighted by molar-refractivity contribution is 0.892. The zero-order valence-electron chi connectivity index (χ0n) is 10.3. The third kappa shape index (κ3) is 3.33. The highest BCUT2D eigenvalue weighted by atomic mass is 79.9. The van der Waals surface area contributed by atoms with Crippen LogP contribution in [0.1, 0.15) is 11.1 Å². The lowest BCUT2D eigenvalue weighted by atomic mass is 10.2. The lowest BCUT2D eigenvalue weighted by Gasteiger charge is -2.19. The summed E-state index contributed by atoms with van der Waals surface area (Å²) in [5, 5.41) is 0. The van der Waals surface area contributed by atoms with Crippen LogP contribution in [0.3, 0.4) is 0 Å². The number of hydrogen-bond donors (Lipinski definition) is 0. The molecule has 0 amide bonds. The van der Waals surface area contributed by atoms with Gasteiger partial charge in [0.25, 0.3) is 0 Å². The predicted molar refractivity (Wildman–Crippen MR) is 82.9 cm³/mol. The third-order valence-electron chi connectivity index (χ3n) is 2.65. The van der Waals surface area contributed by atoms with E-state index in [4.69, 9.17) is 0 Å². The molecule has 0 spiro atoms. The second-order valence-electron chi connectivity index (χ2n) is 4.30. The molecule has 2 rings (SSSR count). The molecule has 1 aromatic heterocycles. The van der Waals surface area contributed by atoms with Gasteiger partial charge in [0.2, 0.25) is 0 Å². The van der Waals surface area contributed by atoms with Crippen LogP contribution < -0.4 is 4.90 Å². The Bertz CT molecular complexity index is 538. The topological polar surface area (TPSA) is 16.1 Å². The first kappa shape index (κ1) is 13.6. The van der Waals surface area contributed by atoms with Gasteiger partial charge in [0.1, 0.15) is 5.82 Å². The number of hydrogen-bond acceptors (Lipinski definition) is 2. The first-order valence-corrected chi connectivity index (χ1v) is 7.22. The summed E-state index contributed by atoms with van der Waals surface area (Å²) in [6.45, 7) is 2.87. The molecule has 0 saturated carbocycles. The largest absolute Gasteiger partial charge is 0.354 e. The van der Waals surface area contributed by atoms with Gasteiger partial charge in [-0.15, -0.1) is 0 Å². The van der Waals surface area contributed by atoms with Gasteiger partial charge in [-0.2, -0.15) is 0 Å². The Morgan fingerprint density at radius 2 is 1.83 bits per heavy atom. The molecule has 1 heterocycles. The van der Waals surface area contributed by atoms with Crippen LogP contribution in [-0.2, 0) is 6.54 Å². The van der Waals surface area contributed by atoms with Crippen molar-refractivity contribution in [3.05, 3.63) is 56.6 Å². The minimum atomic E-state index is 0.835. The molecule has 0 saturated heterocycles. The smallest absolute Gasteiger partial charge is 0.142 e. The van der Waals surface area contributed by atoms with Crippen molar-refractivity contribution in [2.24, 2.45) is 0 Å². The highest BCUT2D eigenvalue weighted by molar-refractivity contribution is 9.10. The molecule has 4 heteroatoms. The molecule has 0 unspecified atom stereocenters. The first-order valence-electron chi connectivity index (χ1n) is 5.64. The van der Waals surface area contributed by atoms with E-state index >= 15 is 0 Å². The molecule has 0 radical (unpaired) electrons. The van der Waals surface area contributed by atoms with Gasteiger partial charge in [-0.1, -0.05) is 28.1 Å². The molecule has 2 aromatic rings. The van der Waals surface area contributed by atoms with Crippen molar-refractivity contribution in [3.63, 3.8) is 0 Å². The summed E-state index contributed by atoms with van der Waals surface area (Å²) in [6.07, 6.45) is 1.89. The Hall–Kier alpha value is -0.870. The van der Waals surface area contributed by atoms with Crippen molar-refractivity contribution in [2.75, 3.05) is 11.9 Å². The number of anilines is 1. The van der Waals surface area contributed by atoms with E-state index in [1.165, 1.54) is 5.56 Å². The maximum absolute atomic E-state index is 4.46. The number of pyridine rings is 1. The lowest BCUT2D eigenvalue weighted by Crippen LogP contribution is -2.18. The normalized spacial score (nSPS) is 10.4. The summed E-state index contributed by atoms with van der Waals surface area (Å²) in [7, 11) is 2.05. The van der Waals surface area contributed by atoms with Crippen LogP contribution >= 0.6 is 31.9 Å². The number of halogens is 2. The fourth-order valence-corrected chi connectivity index (χ4v) is 2.78. The van der Waals surface area contributed by atoms with Crippen molar-refractivity contribution < 1.29 is 0 Å². The molecular formula is C14H14Br2N2. The Morgan fingerprint density at radius 3 is 2.44 bits per heavy atom. The number of benzene rings is 1. The van der Waals surface area contributed by atoms with Crippen molar-refractivity contribution in [3.8, 4) is 0 Å². The minimum absolute atomic E-state index is 0.835. The van der Waals surface area contributed by atoms with Crippen LogP contribution in [0.15, 0.2) is 45.5 Å². The van der Waals surface area contributed by atoms with Crippen LogP contribution in [0, 0.1) is 6.92 Å². The maximum atomic E-state index is 4.46. The van der Waals surface area contributed by atoms with Crippen molar-refractivity contribution in [2.45, 2.75) is 13.5 Å². The van der Waals surface area contributed by atoms with E-state index in [0.29, 0.717) is 0 Å². The van der Waals surface area contributed by atoms with E-state index < -0.39 is 0 Å². The highest BCUT2D eigenvalue weighted by Gasteiger charge is 2.08. The average molecular weight is 370 g/mol. The summed E-state index contributed by atoms with van der Waals surface area (Å²) in [6, 6.07) is 10.4. The van der Waals surface area contributed by atoms with E-state index in [1.807, 2.05) is 20.2 Å². The van der Waals surface area contributed by atoms with Gasteiger partial charge in [0.05, 0.1) is 4.47 Å². The van der Waals surface area contributed by atoms with Crippen LogP contribution in [0.4, 0.5) is 5.82 Å². The summed E-state index contributed by atoms with van der Waals surface area (Å²) >= 11 is 7.00. The summed E-state index contributed by atoms with van der Waals surface area (Å²) in [4.78, 5) is 6.59. The molecule has 18 heavy (non-hydrogen) atoms. The van der Waals surface area contributed by atoms with Crippen LogP contribution in [0.25, 0.3) is 0 Å². The zero-order valence-corrected chi connectivity index (χ0v) is 13.5. The second-order valence-corrected chi connectivity index (χ2v) is 6.07.